The predicted molar refractivity (Wildman–Crippen MR) is 180 cm³/mol. The zero-order valence-corrected chi connectivity index (χ0v) is 29.1. The van der Waals surface area contributed by atoms with Gasteiger partial charge in [0.15, 0.2) is 16.5 Å². The van der Waals surface area contributed by atoms with E-state index < -0.39 is 16.1 Å². The monoisotopic (exact) mass is 685 g/mol. The Morgan fingerprint density at radius 1 is 1.10 bits per heavy atom. The molecule has 4 atom stereocenters. The van der Waals surface area contributed by atoms with Gasteiger partial charge in [0.2, 0.25) is 6.79 Å². The first-order valence-corrected chi connectivity index (χ1v) is 17.8. The number of carbonyl (C=O) groups is 1. The fourth-order valence-corrected chi connectivity index (χ4v) is 6.94. The standard InChI is InChI=1S/C34H47N5O8S/c1-23-16-39(24(2)20-40)34(41)28-15-27(36-48(42,43)33-19-38(5)21-35-33)10-12-29(28)47-25(3)8-6-7-13-44-32(23)18-37(4)17-26-9-11-30-31(14-26)46-22-45-30/h9-12,14-15,19,21,23-25,32,36,40H,6-8,13,16-18,20,22H2,1-5H3/t23-,24+,25+,32+/m0/s1. The van der Waals surface area contributed by atoms with Crippen molar-refractivity contribution < 1.29 is 37.3 Å². The summed E-state index contributed by atoms with van der Waals surface area (Å²) in [5.74, 6) is 1.34. The second-order valence-electron chi connectivity index (χ2n) is 12.9. The molecular formula is C34H47N5O8S. The Bertz CT molecular complexity index is 1660. The molecule has 262 valence electrons. The molecule has 0 saturated carbocycles. The van der Waals surface area contributed by atoms with Crippen LogP contribution >= 0.6 is 0 Å². The largest absolute Gasteiger partial charge is 0.490 e. The van der Waals surface area contributed by atoms with Crippen molar-refractivity contribution in [2.45, 2.75) is 69.9 Å². The highest BCUT2D eigenvalue weighted by molar-refractivity contribution is 7.92. The van der Waals surface area contributed by atoms with E-state index in [0.717, 1.165) is 36.3 Å². The van der Waals surface area contributed by atoms with Crippen LogP contribution in [0.3, 0.4) is 0 Å². The van der Waals surface area contributed by atoms with Crippen molar-refractivity contribution in [1.82, 2.24) is 19.4 Å². The van der Waals surface area contributed by atoms with Gasteiger partial charge in [-0.3, -0.25) is 14.4 Å². The number of anilines is 1. The summed E-state index contributed by atoms with van der Waals surface area (Å²) in [7, 11) is -0.290. The molecule has 48 heavy (non-hydrogen) atoms. The van der Waals surface area contributed by atoms with Gasteiger partial charge in [-0.05, 0) is 76.1 Å². The Kier molecular flexibility index (Phi) is 11.5. The molecule has 1 amide bonds. The van der Waals surface area contributed by atoms with E-state index in [1.165, 1.54) is 23.2 Å². The predicted octanol–water partition coefficient (Wildman–Crippen LogP) is 3.88. The first-order chi connectivity index (χ1) is 22.9. The Labute approximate surface area is 282 Å². The van der Waals surface area contributed by atoms with Crippen molar-refractivity contribution in [1.29, 1.82) is 0 Å². The molecule has 0 fully saturated rings. The smallest absolute Gasteiger partial charge is 0.280 e. The van der Waals surface area contributed by atoms with Crippen molar-refractivity contribution >= 4 is 21.6 Å². The molecule has 0 saturated heterocycles. The lowest BCUT2D eigenvalue weighted by Gasteiger charge is -2.36. The molecule has 5 rings (SSSR count). The Balaban J connectivity index is 1.40. The molecule has 0 spiro atoms. The maximum Gasteiger partial charge on any atom is 0.280 e. The number of aliphatic hydroxyl groups is 1. The Morgan fingerprint density at radius 3 is 2.62 bits per heavy atom. The average molecular weight is 686 g/mol. The van der Waals surface area contributed by atoms with E-state index in [1.807, 2.05) is 39.1 Å². The number of nitrogens with zero attached hydrogens (tertiary/aromatic N) is 4. The minimum absolute atomic E-state index is 0.112. The van der Waals surface area contributed by atoms with Gasteiger partial charge in [0, 0.05) is 51.1 Å². The number of rotatable bonds is 9. The molecule has 14 heteroatoms. The number of hydrogen-bond acceptors (Lipinski definition) is 10. The van der Waals surface area contributed by atoms with Crippen molar-refractivity contribution in [3.63, 3.8) is 0 Å². The quantitative estimate of drug-likeness (QED) is 0.341. The second kappa shape index (κ2) is 15.6. The van der Waals surface area contributed by atoms with E-state index in [-0.39, 0.29) is 53.7 Å². The van der Waals surface area contributed by atoms with Crippen molar-refractivity contribution in [2.75, 3.05) is 44.9 Å². The molecule has 13 nitrogen and oxygen atoms in total. The summed E-state index contributed by atoms with van der Waals surface area (Å²) in [6.45, 7) is 7.88. The second-order valence-corrected chi connectivity index (χ2v) is 14.5. The van der Waals surface area contributed by atoms with Crippen LogP contribution in [-0.2, 0) is 28.4 Å². The van der Waals surface area contributed by atoms with Crippen molar-refractivity contribution in [3.05, 3.63) is 60.0 Å². The molecule has 2 aliphatic rings. The van der Waals surface area contributed by atoms with E-state index >= 15 is 0 Å². The third kappa shape index (κ3) is 8.78. The lowest BCUT2D eigenvalue weighted by atomic mass is 10.0. The van der Waals surface area contributed by atoms with Crippen molar-refractivity contribution in [3.8, 4) is 17.2 Å². The SMILES string of the molecule is C[C@@H]1CCCCO[C@H](CN(C)Cc2ccc3c(c2)OCO3)[C@@H](C)CN([C@H](C)CO)C(=O)c2cc(NS(=O)(=O)c3cn(C)cn3)ccc2O1. The molecular weight excluding hydrogens is 638 g/mol. The molecule has 0 radical (unpaired) electrons. The summed E-state index contributed by atoms with van der Waals surface area (Å²) in [6, 6.07) is 10.1. The van der Waals surface area contributed by atoms with Crippen LogP contribution in [0.4, 0.5) is 5.69 Å². The van der Waals surface area contributed by atoms with Crippen LogP contribution in [-0.4, -0.2) is 97.2 Å². The van der Waals surface area contributed by atoms with Gasteiger partial charge in [-0.25, -0.2) is 4.98 Å². The maximum absolute atomic E-state index is 14.4. The molecule has 0 unspecified atom stereocenters. The number of sulfonamides is 1. The Morgan fingerprint density at radius 2 is 1.88 bits per heavy atom. The van der Waals surface area contributed by atoms with Crippen LogP contribution in [0.15, 0.2) is 53.9 Å². The van der Waals surface area contributed by atoms with Gasteiger partial charge >= 0.3 is 0 Å². The summed E-state index contributed by atoms with van der Waals surface area (Å²) in [5, 5.41) is 10.1. The zero-order valence-electron chi connectivity index (χ0n) is 28.3. The number of amides is 1. The minimum atomic E-state index is -4.01. The minimum Gasteiger partial charge on any atom is -0.490 e. The summed E-state index contributed by atoms with van der Waals surface area (Å²) < 4.78 is 54.0. The van der Waals surface area contributed by atoms with Gasteiger partial charge in [-0.2, -0.15) is 8.42 Å². The van der Waals surface area contributed by atoms with Gasteiger partial charge < -0.3 is 33.5 Å². The lowest BCUT2D eigenvalue weighted by molar-refractivity contribution is -0.0177. The molecule has 1 aromatic heterocycles. The van der Waals surface area contributed by atoms with E-state index in [1.54, 1.807) is 31.0 Å². The fraction of sp³-hybridized carbons (Fsp3) is 0.529. The van der Waals surface area contributed by atoms with Crippen LogP contribution in [0.5, 0.6) is 17.2 Å². The van der Waals surface area contributed by atoms with Crippen LogP contribution in [0, 0.1) is 5.92 Å². The number of aromatic nitrogens is 2. The number of carbonyl (C=O) groups excluding carboxylic acids is 1. The third-order valence-electron chi connectivity index (χ3n) is 8.64. The van der Waals surface area contributed by atoms with E-state index in [0.29, 0.717) is 32.0 Å². The number of likely N-dealkylation sites (N-methyl/N-ethyl adjacent to an activating group) is 1. The topological polar surface area (TPSA) is 145 Å². The highest BCUT2D eigenvalue weighted by Crippen LogP contribution is 2.33. The number of imidazole rings is 1. The van der Waals surface area contributed by atoms with E-state index in [4.69, 9.17) is 18.9 Å². The lowest BCUT2D eigenvalue weighted by Crippen LogP contribution is -2.47. The van der Waals surface area contributed by atoms with Gasteiger partial charge in [0.25, 0.3) is 15.9 Å². The number of aliphatic hydroxyl groups excluding tert-OH is 1. The molecule has 2 aliphatic heterocycles. The van der Waals surface area contributed by atoms with Crippen molar-refractivity contribution in [2.24, 2.45) is 13.0 Å². The first kappa shape index (κ1) is 35.5. The summed E-state index contributed by atoms with van der Waals surface area (Å²) >= 11 is 0. The van der Waals surface area contributed by atoms with Gasteiger partial charge in [-0.15, -0.1) is 0 Å². The summed E-state index contributed by atoms with van der Waals surface area (Å²) in [4.78, 5) is 22.2. The van der Waals surface area contributed by atoms with E-state index in [9.17, 15) is 18.3 Å². The summed E-state index contributed by atoms with van der Waals surface area (Å²) in [6.07, 6.45) is 4.84. The van der Waals surface area contributed by atoms with Crippen LogP contribution in [0.25, 0.3) is 0 Å². The first-order valence-electron chi connectivity index (χ1n) is 16.4. The third-order valence-corrected chi connectivity index (χ3v) is 9.91. The van der Waals surface area contributed by atoms with E-state index in [2.05, 4.69) is 14.6 Å². The number of ether oxygens (including phenoxy) is 4. The highest BCUT2D eigenvalue weighted by atomic mass is 32.2. The normalized spacial score (nSPS) is 21.4. The van der Waals surface area contributed by atoms with Gasteiger partial charge in [-0.1, -0.05) is 13.0 Å². The molecule has 2 N–H and O–H groups in total. The van der Waals surface area contributed by atoms with Gasteiger partial charge in [0.1, 0.15) is 5.75 Å². The average Bonchev–Trinajstić information content (AvgIpc) is 3.71. The molecule has 3 heterocycles. The number of fused-ring (bicyclic) bond motifs is 2. The highest BCUT2D eigenvalue weighted by Gasteiger charge is 2.31. The molecule has 0 aliphatic carbocycles. The maximum atomic E-state index is 14.4. The molecule has 2 aromatic carbocycles. The fourth-order valence-electron chi connectivity index (χ4n) is 5.91. The Hall–Kier alpha value is -3.85. The number of aryl methyl sites for hydroxylation is 1. The van der Waals surface area contributed by atoms with Crippen LogP contribution in [0.1, 0.15) is 56.0 Å². The number of nitrogens with one attached hydrogen (secondary N) is 1. The number of benzene rings is 2. The number of hydrogen-bond donors (Lipinski definition) is 2. The zero-order chi connectivity index (χ0) is 34.4. The summed E-state index contributed by atoms with van der Waals surface area (Å²) in [5.41, 5.74) is 1.48. The van der Waals surface area contributed by atoms with Gasteiger partial charge in [0.05, 0.1) is 36.7 Å². The molecule has 0 bridgehead atoms. The molecule has 3 aromatic rings. The van der Waals surface area contributed by atoms with Crippen LogP contribution in [0.2, 0.25) is 0 Å². The van der Waals surface area contributed by atoms with Crippen LogP contribution < -0.4 is 18.9 Å².